The first-order valence-electron chi connectivity index (χ1n) is 6.51. The summed E-state index contributed by atoms with van der Waals surface area (Å²) in [6, 6.07) is 3.76. The van der Waals surface area contributed by atoms with E-state index >= 15 is 0 Å². The highest BCUT2D eigenvalue weighted by atomic mass is 16.1. The molecule has 0 saturated carbocycles. The van der Waals surface area contributed by atoms with Gasteiger partial charge >= 0.3 is 0 Å². The monoisotopic (exact) mass is 249 g/mol. The van der Waals surface area contributed by atoms with Gasteiger partial charge in [0.25, 0.3) is 5.91 Å². The van der Waals surface area contributed by atoms with Crippen LogP contribution in [0.2, 0.25) is 0 Å². The largest absolute Gasteiger partial charge is 0.388 e. The van der Waals surface area contributed by atoms with Crippen molar-refractivity contribution >= 4 is 11.6 Å². The van der Waals surface area contributed by atoms with Crippen LogP contribution in [-0.2, 0) is 0 Å². The Morgan fingerprint density at radius 2 is 2.17 bits per heavy atom. The fraction of sp³-hybridized carbons (Fsp3) is 0.571. The van der Waals surface area contributed by atoms with Gasteiger partial charge in [0.2, 0.25) is 0 Å². The van der Waals surface area contributed by atoms with E-state index in [4.69, 9.17) is 0 Å². The molecule has 0 radical (unpaired) electrons. The van der Waals surface area contributed by atoms with Crippen molar-refractivity contribution in [2.45, 2.75) is 39.7 Å². The highest BCUT2D eigenvalue weighted by molar-refractivity contribution is 5.93. The molecule has 4 nitrogen and oxygen atoms in total. The SMILES string of the molecule is CCC(C)CC(C)NC(=O)c1cc(NC)ccn1. The molecule has 2 atom stereocenters. The van der Waals surface area contributed by atoms with E-state index in [0.717, 1.165) is 18.5 Å². The quantitative estimate of drug-likeness (QED) is 0.815. The predicted molar refractivity (Wildman–Crippen MR) is 74.8 cm³/mol. The maximum Gasteiger partial charge on any atom is 0.270 e. The van der Waals surface area contributed by atoms with E-state index < -0.39 is 0 Å². The maximum atomic E-state index is 12.0. The average molecular weight is 249 g/mol. The molecule has 0 fully saturated rings. The highest BCUT2D eigenvalue weighted by Crippen LogP contribution is 2.11. The summed E-state index contributed by atoms with van der Waals surface area (Å²) in [6.45, 7) is 6.39. The third kappa shape index (κ3) is 4.35. The molecule has 2 N–H and O–H groups in total. The van der Waals surface area contributed by atoms with E-state index in [-0.39, 0.29) is 11.9 Å². The van der Waals surface area contributed by atoms with Crippen LogP contribution in [-0.4, -0.2) is 24.0 Å². The maximum absolute atomic E-state index is 12.0. The lowest BCUT2D eigenvalue weighted by Crippen LogP contribution is -2.34. The number of carbonyl (C=O) groups excluding carboxylic acids is 1. The van der Waals surface area contributed by atoms with E-state index in [0.29, 0.717) is 11.6 Å². The van der Waals surface area contributed by atoms with Crippen molar-refractivity contribution in [1.82, 2.24) is 10.3 Å². The molecular weight excluding hydrogens is 226 g/mol. The second-order valence-electron chi connectivity index (χ2n) is 4.80. The molecule has 0 saturated heterocycles. The van der Waals surface area contributed by atoms with Crippen LogP contribution < -0.4 is 10.6 Å². The Balaban J connectivity index is 2.58. The molecule has 100 valence electrons. The summed E-state index contributed by atoms with van der Waals surface area (Å²) in [5.74, 6) is 0.514. The third-order valence-corrected chi connectivity index (χ3v) is 3.11. The molecule has 1 amide bonds. The van der Waals surface area contributed by atoms with Crippen LogP contribution in [0, 0.1) is 5.92 Å². The number of pyridine rings is 1. The van der Waals surface area contributed by atoms with Gasteiger partial charge in [-0.1, -0.05) is 20.3 Å². The van der Waals surface area contributed by atoms with Crippen LogP contribution in [0.5, 0.6) is 0 Å². The first kappa shape index (κ1) is 14.5. The Morgan fingerprint density at radius 3 is 2.78 bits per heavy atom. The smallest absolute Gasteiger partial charge is 0.270 e. The third-order valence-electron chi connectivity index (χ3n) is 3.11. The number of hydrogen-bond acceptors (Lipinski definition) is 3. The molecule has 0 aromatic carbocycles. The van der Waals surface area contributed by atoms with Gasteiger partial charge in [-0.25, -0.2) is 0 Å². The summed E-state index contributed by atoms with van der Waals surface area (Å²) in [5, 5.41) is 5.98. The summed E-state index contributed by atoms with van der Waals surface area (Å²) >= 11 is 0. The van der Waals surface area contributed by atoms with E-state index in [2.05, 4.69) is 29.5 Å². The number of rotatable bonds is 6. The van der Waals surface area contributed by atoms with Crippen LogP contribution in [0.3, 0.4) is 0 Å². The van der Waals surface area contributed by atoms with E-state index in [1.165, 1.54) is 0 Å². The van der Waals surface area contributed by atoms with Crippen molar-refractivity contribution in [1.29, 1.82) is 0 Å². The lowest BCUT2D eigenvalue weighted by molar-refractivity contribution is 0.0930. The van der Waals surface area contributed by atoms with Crippen LogP contribution >= 0.6 is 0 Å². The van der Waals surface area contributed by atoms with Gasteiger partial charge in [-0.2, -0.15) is 0 Å². The molecule has 0 bridgehead atoms. The molecule has 0 spiro atoms. The first-order chi connectivity index (χ1) is 8.56. The van der Waals surface area contributed by atoms with Gasteiger partial charge < -0.3 is 10.6 Å². The van der Waals surface area contributed by atoms with Crippen molar-refractivity contribution in [3.63, 3.8) is 0 Å². The Labute approximate surface area is 109 Å². The minimum Gasteiger partial charge on any atom is -0.388 e. The second kappa shape index (κ2) is 6.99. The number of hydrogen-bond donors (Lipinski definition) is 2. The summed E-state index contributed by atoms with van der Waals surface area (Å²) in [4.78, 5) is 16.1. The number of nitrogens with zero attached hydrogens (tertiary/aromatic N) is 1. The molecule has 0 aliphatic rings. The molecule has 0 aliphatic carbocycles. The molecule has 1 heterocycles. The van der Waals surface area contributed by atoms with Crippen LogP contribution in [0.25, 0.3) is 0 Å². The summed E-state index contributed by atoms with van der Waals surface area (Å²) in [6.07, 6.45) is 3.77. The normalized spacial score (nSPS) is 13.8. The molecule has 2 unspecified atom stereocenters. The Kier molecular flexibility index (Phi) is 5.62. The Morgan fingerprint density at radius 1 is 1.44 bits per heavy atom. The zero-order valence-corrected chi connectivity index (χ0v) is 11.7. The summed E-state index contributed by atoms with van der Waals surface area (Å²) in [7, 11) is 1.82. The van der Waals surface area contributed by atoms with E-state index in [1.54, 1.807) is 12.3 Å². The van der Waals surface area contributed by atoms with Gasteiger partial charge in [-0.3, -0.25) is 9.78 Å². The fourth-order valence-corrected chi connectivity index (χ4v) is 1.84. The van der Waals surface area contributed by atoms with Crippen molar-refractivity contribution in [3.05, 3.63) is 24.0 Å². The van der Waals surface area contributed by atoms with E-state index in [9.17, 15) is 4.79 Å². The van der Waals surface area contributed by atoms with E-state index in [1.807, 2.05) is 20.0 Å². The van der Waals surface area contributed by atoms with Gasteiger partial charge in [0.15, 0.2) is 0 Å². The summed E-state index contributed by atoms with van der Waals surface area (Å²) in [5.41, 5.74) is 1.35. The van der Waals surface area contributed by atoms with Crippen molar-refractivity contribution in [2.75, 3.05) is 12.4 Å². The first-order valence-corrected chi connectivity index (χ1v) is 6.51. The minimum atomic E-state index is -0.108. The van der Waals surface area contributed by atoms with Gasteiger partial charge in [-0.15, -0.1) is 0 Å². The lowest BCUT2D eigenvalue weighted by Gasteiger charge is -2.17. The lowest BCUT2D eigenvalue weighted by atomic mass is 10.0. The van der Waals surface area contributed by atoms with Crippen LogP contribution in [0.4, 0.5) is 5.69 Å². The van der Waals surface area contributed by atoms with Gasteiger partial charge in [0.1, 0.15) is 5.69 Å². The topological polar surface area (TPSA) is 54.0 Å². The number of amides is 1. The predicted octanol–water partition coefficient (Wildman–Crippen LogP) is 2.68. The molecule has 0 aliphatic heterocycles. The van der Waals surface area contributed by atoms with Crippen LogP contribution in [0.15, 0.2) is 18.3 Å². The van der Waals surface area contributed by atoms with Crippen molar-refractivity contribution < 1.29 is 4.79 Å². The molecule has 1 aromatic heterocycles. The van der Waals surface area contributed by atoms with Crippen LogP contribution in [0.1, 0.15) is 44.1 Å². The van der Waals surface area contributed by atoms with Crippen molar-refractivity contribution in [3.8, 4) is 0 Å². The fourth-order valence-electron chi connectivity index (χ4n) is 1.84. The number of anilines is 1. The highest BCUT2D eigenvalue weighted by Gasteiger charge is 2.13. The zero-order valence-electron chi connectivity index (χ0n) is 11.7. The zero-order chi connectivity index (χ0) is 13.5. The van der Waals surface area contributed by atoms with Gasteiger partial charge in [0.05, 0.1) is 0 Å². The number of nitrogens with one attached hydrogen (secondary N) is 2. The summed E-state index contributed by atoms with van der Waals surface area (Å²) < 4.78 is 0. The molecule has 1 rings (SSSR count). The molecular formula is C14H23N3O. The number of carbonyl (C=O) groups is 1. The molecule has 18 heavy (non-hydrogen) atoms. The standard InChI is InChI=1S/C14H23N3O/c1-5-10(2)8-11(3)17-14(18)13-9-12(15-4)6-7-16-13/h6-7,9-11H,5,8H2,1-4H3,(H,15,16)(H,17,18). The molecule has 1 aromatic rings. The minimum absolute atomic E-state index is 0.108. The van der Waals surface area contributed by atoms with Gasteiger partial charge in [0, 0.05) is 25.0 Å². The van der Waals surface area contributed by atoms with Crippen molar-refractivity contribution in [2.24, 2.45) is 5.92 Å². The Bertz CT molecular complexity index is 392. The van der Waals surface area contributed by atoms with Gasteiger partial charge in [-0.05, 0) is 31.4 Å². The average Bonchev–Trinajstić information content (AvgIpc) is 2.38. The Hall–Kier alpha value is -1.58. The second-order valence-corrected chi connectivity index (χ2v) is 4.80. The number of aromatic nitrogens is 1. The molecule has 4 heteroatoms.